The van der Waals surface area contributed by atoms with Gasteiger partial charge in [-0.1, -0.05) is 20.3 Å². The summed E-state index contributed by atoms with van der Waals surface area (Å²) in [6.07, 6.45) is 5.85. The van der Waals surface area contributed by atoms with Gasteiger partial charge in [0.2, 0.25) is 11.8 Å². The lowest BCUT2D eigenvalue weighted by Gasteiger charge is -2.41. The van der Waals surface area contributed by atoms with Crippen molar-refractivity contribution in [2.24, 2.45) is 23.7 Å². The first kappa shape index (κ1) is 28.9. The highest BCUT2D eigenvalue weighted by molar-refractivity contribution is 5.96. The Labute approximate surface area is 236 Å². The Kier molecular flexibility index (Phi) is 8.73. The molecular weight excluding hydrogens is 512 g/mol. The SMILES string of the molecule is COc1cc(CO)cc2c1O[C@@H]1[C@@H](O)[C@H](N(CCC(C)C)C(=O)CC3CC4CCC3C4)C=C(C(=O)NCCO)[C@H]21. The molecule has 3 aliphatic carbocycles. The Bertz CT molecular complexity index is 1130. The van der Waals surface area contributed by atoms with Crippen LogP contribution in [0.25, 0.3) is 0 Å². The average molecular weight is 557 g/mol. The summed E-state index contributed by atoms with van der Waals surface area (Å²) in [7, 11) is 1.51. The van der Waals surface area contributed by atoms with Crippen LogP contribution in [0.15, 0.2) is 23.8 Å². The molecule has 2 amide bonds. The largest absolute Gasteiger partial charge is 0.493 e. The number of nitrogens with one attached hydrogen (secondary N) is 1. The van der Waals surface area contributed by atoms with E-state index >= 15 is 0 Å². The fourth-order valence-electron chi connectivity index (χ4n) is 7.42. The van der Waals surface area contributed by atoms with Crippen LogP contribution < -0.4 is 14.8 Å². The first-order valence-corrected chi connectivity index (χ1v) is 14.8. The Morgan fingerprint density at radius 1 is 1.20 bits per heavy atom. The molecule has 2 bridgehead atoms. The van der Waals surface area contributed by atoms with E-state index in [0.29, 0.717) is 58.9 Å². The Morgan fingerprint density at radius 3 is 2.62 bits per heavy atom. The van der Waals surface area contributed by atoms with Gasteiger partial charge in [-0.15, -0.1) is 0 Å². The number of carbonyl (C=O) groups is 2. The van der Waals surface area contributed by atoms with Crippen LogP contribution in [0.1, 0.15) is 69.4 Å². The highest BCUT2D eigenvalue weighted by atomic mass is 16.5. The van der Waals surface area contributed by atoms with Crippen LogP contribution in [0.3, 0.4) is 0 Å². The Hall–Kier alpha value is -2.62. The standard InChI is InChI=1S/C31H44N2O7/c1-17(2)6-8-33(26(36)14-21-11-18-4-5-20(21)10-18)24-15-23(31(38)32-7-9-34)27-22-12-19(16-35)13-25(39-3)29(22)40-30(27)28(24)37/h12-13,15,17-18,20-21,24,27-28,30,34-35,37H,4-11,14,16H2,1-3H3,(H,32,38)/t18?,20?,21?,24-,27+,28+,30+/m1/s1. The molecule has 0 saturated heterocycles. The van der Waals surface area contributed by atoms with Crippen LogP contribution in [-0.4, -0.2) is 77.1 Å². The lowest BCUT2D eigenvalue weighted by molar-refractivity contribution is -0.138. The molecule has 0 radical (unpaired) electrons. The van der Waals surface area contributed by atoms with Crippen LogP contribution in [0.4, 0.5) is 0 Å². The number of rotatable bonds is 11. The predicted octanol–water partition coefficient (Wildman–Crippen LogP) is 2.51. The average Bonchev–Trinajstić information content (AvgIpc) is 3.67. The normalized spacial score (nSPS) is 30.0. The molecule has 2 fully saturated rings. The lowest BCUT2D eigenvalue weighted by atomic mass is 9.77. The smallest absolute Gasteiger partial charge is 0.247 e. The van der Waals surface area contributed by atoms with E-state index < -0.39 is 24.2 Å². The predicted molar refractivity (Wildman–Crippen MR) is 149 cm³/mol. The fourth-order valence-corrected chi connectivity index (χ4v) is 7.42. The molecule has 3 unspecified atom stereocenters. The van der Waals surface area contributed by atoms with Gasteiger partial charge in [0, 0.05) is 30.6 Å². The zero-order chi connectivity index (χ0) is 28.6. The minimum atomic E-state index is -1.08. The number of benzene rings is 1. The second-order valence-electron chi connectivity index (χ2n) is 12.4. The summed E-state index contributed by atoms with van der Waals surface area (Å²) < 4.78 is 11.9. The molecule has 4 aliphatic rings. The van der Waals surface area contributed by atoms with Gasteiger partial charge in [-0.25, -0.2) is 0 Å². The van der Waals surface area contributed by atoms with Gasteiger partial charge >= 0.3 is 0 Å². The number of carbonyl (C=O) groups excluding carboxylic acids is 2. The highest BCUT2D eigenvalue weighted by Gasteiger charge is 2.52. The van der Waals surface area contributed by atoms with Crippen LogP contribution in [-0.2, 0) is 16.2 Å². The molecule has 9 heteroatoms. The summed E-state index contributed by atoms with van der Waals surface area (Å²) >= 11 is 0. The highest BCUT2D eigenvalue weighted by Crippen LogP contribution is 2.52. The zero-order valence-electron chi connectivity index (χ0n) is 23.8. The molecule has 5 rings (SSSR count). The number of nitrogens with zero attached hydrogens (tertiary/aromatic N) is 1. The molecule has 1 aromatic rings. The minimum Gasteiger partial charge on any atom is -0.493 e. The van der Waals surface area contributed by atoms with Crippen molar-refractivity contribution in [3.63, 3.8) is 0 Å². The van der Waals surface area contributed by atoms with Crippen LogP contribution in [0, 0.1) is 23.7 Å². The van der Waals surface area contributed by atoms with Crippen LogP contribution in [0.2, 0.25) is 0 Å². The van der Waals surface area contributed by atoms with Gasteiger partial charge in [-0.2, -0.15) is 0 Å². The molecule has 40 heavy (non-hydrogen) atoms. The molecule has 220 valence electrons. The molecule has 2 saturated carbocycles. The molecular formula is C31H44N2O7. The fraction of sp³-hybridized carbons (Fsp3) is 0.677. The van der Waals surface area contributed by atoms with E-state index in [9.17, 15) is 24.9 Å². The third-order valence-electron chi connectivity index (χ3n) is 9.44. The summed E-state index contributed by atoms with van der Waals surface area (Å²) in [4.78, 5) is 29.2. The first-order valence-electron chi connectivity index (χ1n) is 14.8. The maximum Gasteiger partial charge on any atom is 0.247 e. The maximum atomic E-state index is 13.9. The van der Waals surface area contributed by atoms with Crippen molar-refractivity contribution in [3.05, 3.63) is 34.9 Å². The zero-order valence-corrected chi connectivity index (χ0v) is 23.8. The van der Waals surface area contributed by atoms with Crippen molar-refractivity contribution in [1.82, 2.24) is 10.2 Å². The van der Waals surface area contributed by atoms with Gasteiger partial charge in [0.15, 0.2) is 11.5 Å². The molecule has 0 spiro atoms. The maximum absolute atomic E-state index is 13.9. The Balaban J connectivity index is 1.51. The number of aliphatic hydroxyl groups excluding tert-OH is 3. The number of methoxy groups -OCH3 is 1. The number of ether oxygens (including phenoxy) is 2. The van der Waals surface area contributed by atoms with Crippen LogP contribution in [0.5, 0.6) is 11.5 Å². The van der Waals surface area contributed by atoms with E-state index in [-0.39, 0.29) is 31.6 Å². The van der Waals surface area contributed by atoms with E-state index in [4.69, 9.17) is 9.47 Å². The third kappa shape index (κ3) is 5.48. The van der Waals surface area contributed by atoms with Crippen molar-refractivity contribution in [2.75, 3.05) is 26.8 Å². The number of aliphatic hydroxyl groups is 3. The minimum absolute atomic E-state index is 0.0164. The van der Waals surface area contributed by atoms with Gasteiger partial charge in [-0.3, -0.25) is 9.59 Å². The van der Waals surface area contributed by atoms with Crippen molar-refractivity contribution in [1.29, 1.82) is 0 Å². The van der Waals surface area contributed by atoms with E-state index in [0.717, 1.165) is 18.8 Å². The summed E-state index contributed by atoms with van der Waals surface area (Å²) in [5, 5.41) is 33.8. The van der Waals surface area contributed by atoms with Gasteiger partial charge in [0.05, 0.1) is 32.3 Å². The van der Waals surface area contributed by atoms with E-state index in [1.807, 2.05) is 0 Å². The lowest BCUT2D eigenvalue weighted by Crippen LogP contribution is -2.56. The third-order valence-corrected chi connectivity index (χ3v) is 9.44. The van der Waals surface area contributed by atoms with E-state index in [2.05, 4.69) is 19.2 Å². The first-order chi connectivity index (χ1) is 19.2. The van der Waals surface area contributed by atoms with E-state index in [1.165, 1.54) is 26.4 Å². The van der Waals surface area contributed by atoms with Crippen molar-refractivity contribution < 1.29 is 34.4 Å². The summed E-state index contributed by atoms with van der Waals surface area (Å²) in [6.45, 7) is 4.34. The van der Waals surface area contributed by atoms with Gasteiger partial charge in [-0.05, 0) is 73.1 Å². The number of hydrogen-bond acceptors (Lipinski definition) is 7. The molecule has 1 aromatic carbocycles. The molecule has 7 atom stereocenters. The second-order valence-corrected chi connectivity index (χ2v) is 12.4. The van der Waals surface area contributed by atoms with Crippen molar-refractivity contribution >= 4 is 11.8 Å². The van der Waals surface area contributed by atoms with E-state index in [1.54, 1.807) is 23.1 Å². The summed E-state index contributed by atoms with van der Waals surface area (Å²) in [5.74, 6) is 1.94. The monoisotopic (exact) mass is 556 g/mol. The molecule has 9 nitrogen and oxygen atoms in total. The van der Waals surface area contributed by atoms with Crippen LogP contribution >= 0.6 is 0 Å². The Morgan fingerprint density at radius 2 is 2.00 bits per heavy atom. The van der Waals surface area contributed by atoms with Gasteiger partial charge in [0.25, 0.3) is 0 Å². The topological polar surface area (TPSA) is 129 Å². The quantitative estimate of drug-likeness (QED) is 0.330. The molecule has 1 heterocycles. The number of amides is 2. The second kappa shape index (κ2) is 12.1. The number of hydrogen-bond donors (Lipinski definition) is 4. The summed E-state index contributed by atoms with van der Waals surface area (Å²) in [6, 6.07) is 2.72. The molecule has 4 N–H and O–H groups in total. The van der Waals surface area contributed by atoms with Crippen molar-refractivity contribution in [3.8, 4) is 11.5 Å². The number of fused-ring (bicyclic) bond motifs is 5. The van der Waals surface area contributed by atoms with Gasteiger partial charge in [0.1, 0.15) is 12.2 Å². The van der Waals surface area contributed by atoms with Gasteiger partial charge < -0.3 is 35.0 Å². The summed E-state index contributed by atoms with van der Waals surface area (Å²) in [5.41, 5.74) is 1.64. The van der Waals surface area contributed by atoms with Crippen molar-refractivity contribution in [2.45, 2.75) is 83.1 Å². The molecule has 0 aromatic heterocycles. The molecule has 1 aliphatic heterocycles.